The minimum Gasteiger partial charge on any atom is -0.462 e. The molecule has 0 spiro atoms. The molecule has 4 aliphatic rings. The van der Waals surface area contributed by atoms with E-state index in [-0.39, 0.29) is 36.3 Å². The number of hydrogen-bond acceptors (Lipinski definition) is 5. The van der Waals surface area contributed by atoms with Crippen molar-refractivity contribution in [3.63, 3.8) is 0 Å². The van der Waals surface area contributed by atoms with E-state index >= 15 is 0 Å². The van der Waals surface area contributed by atoms with Gasteiger partial charge in [0, 0.05) is 6.42 Å². The van der Waals surface area contributed by atoms with Crippen molar-refractivity contribution in [2.24, 2.45) is 45.8 Å². The van der Waals surface area contributed by atoms with Crippen LogP contribution < -0.4 is 0 Å². The topological polar surface area (TPSA) is 52.6 Å². The molecule has 0 unspecified atom stereocenters. The van der Waals surface area contributed by atoms with Crippen molar-refractivity contribution in [3.8, 4) is 0 Å². The Balaban J connectivity index is 1.36. The van der Waals surface area contributed by atoms with Gasteiger partial charge in [0.05, 0.1) is 12.8 Å². The molecule has 3 saturated carbocycles. The van der Waals surface area contributed by atoms with Crippen LogP contribution in [0.3, 0.4) is 0 Å². The summed E-state index contributed by atoms with van der Waals surface area (Å²) in [6, 6.07) is 0. The Kier molecular flexibility index (Phi) is 10.5. The molecule has 4 rings (SSSR count). The molecule has 3 fully saturated rings. The first-order chi connectivity index (χ1) is 18.9. The van der Waals surface area contributed by atoms with Crippen LogP contribution in [0, 0.1) is 45.8 Å². The van der Waals surface area contributed by atoms with Crippen molar-refractivity contribution in [2.45, 2.75) is 138 Å². The Morgan fingerprint density at radius 1 is 0.950 bits per heavy atom. The van der Waals surface area contributed by atoms with Gasteiger partial charge in [-0.05, 0) is 96.5 Å². The predicted octanol–water partition coefficient (Wildman–Crippen LogP) is 9.36. The van der Waals surface area contributed by atoms with Gasteiger partial charge in [0.2, 0.25) is 0 Å². The highest BCUT2D eigenvalue weighted by Crippen LogP contribution is 2.72. The number of hydrogen-bond donors (Lipinski definition) is 0. The Labute approximate surface area is 249 Å². The molecular formula is C35H58O4S. The third-order valence-electron chi connectivity index (χ3n) is 12.2. The average Bonchev–Trinajstić information content (AvgIpc) is 3.26. The van der Waals surface area contributed by atoms with E-state index < -0.39 is 0 Å². The maximum atomic E-state index is 12.6. The number of ether oxygens (including phenoxy) is 2. The standard InChI is InChI=1S/C35H58O4S/c1-8-40-23-38-31(36)14-15-32(37)39-27-17-20-33(5)26(22-27)16-19-35(7)29-13-12-28(25(4)11-9-10-24(2)3)34(29,6)21-18-30(33)35/h16,24-25,27-30H,8-15,17-23H2,1-7H3/t25-,27+,28-,29-,30-,33+,34-,35+/m1/s1. The highest BCUT2D eigenvalue weighted by atomic mass is 32.2. The summed E-state index contributed by atoms with van der Waals surface area (Å²) in [6.07, 6.45) is 16.5. The highest BCUT2D eigenvalue weighted by molar-refractivity contribution is 7.99. The molecule has 4 aliphatic carbocycles. The lowest BCUT2D eigenvalue weighted by Gasteiger charge is -2.63. The monoisotopic (exact) mass is 574 g/mol. The number of carbonyl (C=O) groups excluding carboxylic acids is 2. The van der Waals surface area contributed by atoms with E-state index in [0.29, 0.717) is 16.8 Å². The van der Waals surface area contributed by atoms with Crippen LogP contribution >= 0.6 is 11.8 Å². The summed E-state index contributed by atoms with van der Waals surface area (Å²) in [7, 11) is 0. The summed E-state index contributed by atoms with van der Waals surface area (Å²) in [5.41, 5.74) is 2.61. The van der Waals surface area contributed by atoms with Gasteiger partial charge in [-0.2, -0.15) is 0 Å². The molecule has 0 aliphatic heterocycles. The normalized spacial score (nSPS) is 37.6. The average molecular weight is 575 g/mol. The van der Waals surface area contributed by atoms with Crippen molar-refractivity contribution < 1.29 is 19.1 Å². The van der Waals surface area contributed by atoms with E-state index in [4.69, 9.17) is 9.47 Å². The Morgan fingerprint density at radius 3 is 2.42 bits per heavy atom. The summed E-state index contributed by atoms with van der Waals surface area (Å²) in [5.74, 6) is 4.75. The van der Waals surface area contributed by atoms with Crippen LogP contribution in [0.15, 0.2) is 11.6 Å². The highest BCUT2D eigenvalue weighted by Gasteiger charge is 2.64. The zero-order valence-electron chi connectivity index (χ0n) is 26.7. The van der Waals surface area contributed by atoms with Crippen LogP contribution in [0.5, 0.6) is 0 Å². The first-order valence-electron chi connectivity index (χ1n) is 16.6. The molecule has 40 heavy (non-hydrogen) atoms. The van der Waals surface area contributed by atoms with Crippen LogP contribution in [0.25, 0.3) is 0 Å². The fourth-order valence-electron chi connectivity index (χ4n) is 10.1. The molecule has 228 valence electrons. The second kappa shape index (κ2) is 13.1. The minimum absolute atomic E-state index is 0.0562. The van der Waals surface area contributed by atoms with Gasteiger partial charge in [-0.1, -0.05) is 79.4 Å². The first-order valence-corrected chi connectivity index (χ1v) is 17.7. The van der Waals surface area contributed by atoms with Crippen molar-refractivity contribution in [3.05, 3.63) is 11.6 Å². The van der Waals surface area contributed by atoms with E-state index in [1.54, 1.807) is 11.8 Å². The molecule has 8 atom stereocenters. The molecule has 0 amide bonds. The lowest BCUT2D eigenvalue weighted by Crippen LogP contribution is -2.56. The quantitative estimate of drug-likeness (QED) is 0.101. The number of carbonyl (C=O) groups is 2. The summed E-state index contributed by atoms with van der Waals surface area (Å²) < 4.78 is 11.1. The van der Waals surface area contributed by atoms with Crippen LogP contribution in [0.4, 0.5) is 0 Å². The van der Waals surface area contributed by atoms with E-state index in [9.17, 15) is 9.59 Å². The zero-order valence-corrected chi connectivity index (χ0v) is 27.5. The molecule has 0 aromatic carbocycles. The minimum atomic E-state index is -0.313. The Hall–Kier alpha value is -0.970. The lowest BCUT2D eigenvalue weighted by atomic mass is 9.41. The second-order valence-corrected chi connectivity index (χ2v) is 16.2. The molecule has 0 bridgehead atoms. The van der Waals surface area contributed by atoms with Crippen molar-refractivity contribution in [1.29, 1.82) is 0 Å². The van der Waals surface area contributed by atoms with E-state index in [1.807, 2.05) is 6.92 Å². The Bertz CT molecular complexity index is 928. The van der Waals surface area contributed by atoms with Gasteiger partial charge in [-0.3, -0.25) is 9.59 Å². The van der Waals surface area contributed by atoms with E-state index in [0.717, 1.165) is 54.6 Å². The molecule has 0 radical (unpaired) electrons. The number of rotatable bonds is 12. The third kappa shape index (κ3) is 6.50. The smallest absolute Gasteiger partial charge is 0.307 e. The SMILES string of the molecule is CCSCOC(=O)CCC(=O)O[C@H]1CC[C@@]2(C)C(=CC[C@@]3(C)[C@@H]4CC[C@H]([C@H](C)CCCC(C)C)[C@@]4(C)CC[C@@H]32)C1. The zero-order chi connectivity index (χ0) is 29.1. The second-order valence-electron chi connectivity index (χ2n) is 15.0. The number of thioether (sulfide) groups is 1. The first kappa shape index (κ1) is 32.0. The van der Waals surface area contributed by atoms with Gasteiger partial charge in [-0.15, -0.1) is 11.8 Å². The van der Waals surface area contributed by atoms with Gasteiger partial charge in [0.25, 0.3) is 0 Å². The van der Waals surface area contributed by atoms with Gasteiger partial charge in [0.15, 0.2) is 0 Å². The number of esters is 2. The largest absolute Gasteiger partial charge is 0.462 e. The molecule has 0 saturated heterocycles. The van der Waals surface area contributed by atoms with Crippen molar-refractivity contribution >= 4 is 23.7 Å². The van der Waals surface area contributed by atoms with Crippen LogP contribution in [0.2, 0.25) is 0 Å². The van der Waals surface area contributed by atoms with Gasteiger partial charge >= 0.3 is 11.9 Å². The number of allylic oxidation sites excluding steroid dienone is 1. The summed E-state index contributed by atoms with van der Waals surface area (Å²) in [5, 5.41) is 0. The van der Waals surface area contributed by atoms with Gasteiger partial charge in [0.1, 0.15) is 12.0 Å². The van der Waals surface area contributed by atoms with Crippen LogP contribution in [0.1, 0.15) is 132 Å². The van der Waals surface area contributed by atoms with Gasteiger partial charge in [-0.25, -0.2) is 0 Å². The molecule has 0 aromatic heterocycles. The molecule has 4 nitrogen and oxygen atoms in total. The van der Waals surface area contributed by atoms with E-state index in [2.05, 4.69) is 47.6 Å². The molecule has 0 N–H and O–H groups in total. The fourth-order valence-corrected chi connectivity index (χ4v) is 10.5. The third-order valence-corrected chi connectivity index (χ3v) is 12.9. The Morgan fingerprint density at radius 2 is 1.70 bits per heavy atom. The van der Waals surface area contributed by atoms with Crippen LogP contribution in [-0.2, 0) is 19.1 Å². The van der Waals surface area contributed by atoms with Gasteiger partial charge < -0.3 is 9.47 Å². The maximum absolute atomic E-state index is 12.6. The maximum Gasteiger partial charge on any atom is 0.307 e. The fraction of sp³-hybridized carbons (Fsp3) is 0.886. The molecule has 0 aromatic rings. The number of fused-ring (bicyclic) bond motifs is 5. The summed E-state index contributed by atoms with van der Waals surface area (Å²) >= 11 is 1.56. The van der Waals surface area contributed by atoms with Crippen molar-refractivity contribution in [1.82, 2.24) is 0 Å². The van der Waals surface area contributed by atoms with Crippen LogP contribution in [-0.4, -0.2) is 29.7 Å². The molecular weight excluding hydrogens is 516 g/mol. The molecule has 0 heterocycles. The molecule has 5 heteroatoms. The summed E-state index contributed by atoms with van der Waals surface area (Å²) in [6.45, 7) is 17.2. The summed E-state index contributed by atoms with van der Waals surface area (Å²) in [4.78, 5) is 24.4. The predicted molar refractivity (Wildman–Crippen MR) is 166 cm³/mol. The van der Waals surface area contributed by atoms with Crippen molar-refractivity contribution in [2.75, 3.05) is 11.7 Å². The van der Waals surface area contributed by atoms with E-state index in [1.165, 1.54) is 56.9 Å². The lowest BCUT2D eigenvalue weighted by molar-refractivity contribution is -0.156.